The predicted molar refractivity (Wildman–Crippen MR) is 123 cm³/mol. The fourth-order valence-electron chi connectivity index (χ4n) is 2.51. The number of carbonyl (C=O) groups excluding carboxylic acids is 2. The topological polar surface area (TPSA) is 75.6 Å². The average Bonchev–Trinajstić information content (AvgIpc) is 2.89. The molecule has 1 saturated heterocycles. The molecule has 5 nitrogen and oxygen atoms in total. The number of hydrogen-bond acceptors (Lipinski definition) is 5. The van der Waals surface area contributed by atoms with E-state index in [-0.39, 0.29) is 22.8 Å². The van der Waals surface area contributed by atoms with Gasteiger partial charge in [-0.25, -0.2) is 0 Å². The molecule has 0 unspecified atom stereocenters. The summed E-state index contributed by atoms with van der Waals surface area (Å²) in [6, 6.07) is 8.99. The van der Waals surface area contributed by atoms with Crippen molar-refractivity contribution in [1.82, 2.24) is 5.32 Å². The quantitative estimate of drug-likeness (QED) is 0.338. The zero-order chi connectivity index (χ0) is 19.7. The van der Waals surface area contributed by atoms with E-state index in [2.05, 4.69) is 50.5 Å². The second-order valence-corrected chi connectivity index (χ2v) is 9.48. The maximum atomic E-state index is 11.7. The van der Waals surface area contributed by atoms with Crippen LogP contribution in [0.4, 0.5) is 4.79 Å². The van der Waals surface area contributed by atoms with E-state index in [1.54, 1.807) is 18.2 Å². The molecule has 1 heterocycles. The van der Waals surface area contributed by atoms with Crippen molar-refractivity contribution in [2.75, 3.05) is 0 Å². The van der Waals surface area contributed by atoms with Crippen LogP contribution in [0.25, 0.3) is 6.08 Å². The third-order valence-electron chi connectivity index (χ3n) is 3.80. The Bertz CT molecular complexity index is 949. The Morgan fingerprint density at radius 3 is 2.37 bits per heavy atom. The number of aromatic hydroxyl groups is 1. The summed E-state index contributed by atoms with van der Waals surface area (Å²) in [5.74, 6) is 1.41. The van der Waals surface area contributed by atoms with E-state index in [4.69, 9.17) is 4.74 Å². The fraction of sp³-hybridized carbons (Fsp3) is 0.158. The Kier molecular flexibility index (Phi) is 6.36. The van der Waals surface area contributed by atoms with Crippen molar-refractivity contribution in [1.29, 1.82) is 0 Å². The molecule has 3 rings (SSSR count). The lowest BCUT2D eigenvalue weighted by Gasteiger charge is -2.14. The van der Waals surface area contributed by atoms with Crippen LogP contribution < -0.4 is 10.1 Å². The smallest absolute Gasteiger partial charge is 0.290 e. The molecule has 2 amide bonds. The first-order chi connectivity index (χ1) is 12.7. The molecule has 0 bridgehead atoms. The Hall–Kier alpha value is -1.27. The van der Waals surface area contributed by atoms with E-state index in [1.807, 2.05) is 32.0 Å². The van der Waals surface area contributed by atoms with E-state index in [1.165, 1.54) is 0 Å². The second kappa shape index (κ2) is 8.39. The standard InChI is InChI=1S/C19H15I2NO4S/c1-9(2)12-8-11(3-4-15(12)23)26-17-13(20)5-10(6-14(17)21)7-16-18(24)22-19(25)27-16/h3-9,23H,1-2H3,(H,22,24,25)/b16-7+. The van der Waals surface area contributed by atoms with Crippen LogP contribution in [-0.2, 0) is 4.79 Å². The maximum Gasteiger partial charge on any atom is 0.290 e. The highest BCUT2D eigenvalue weighted by Gasteiger charge is 2.25. The van der Waals surface area contributed by atoms with Crippen LogP contribution in [0, 0.1) is 7.14 Å². The van der Waals surface area contributed by atoms with Gasteiger partial charge in [0.1, 0.15) is 11.5 Å². The number of halogens is 2. The number of nitrogens with one attached hydrogen (secondary N) is 1. The molecule has 27 heavy (non-hydrogen) atoms. The summed E-state index contributed by atoms with van der Waals surface area (Å²) in [5.41, 5.74) is 1.64. The molecule has 140 valence electrons. The third-order valence-corrected chi connectivity index (χ3v) is 6.21. The van der Waals surface area contributed by atoms with Crippen molar-refractivity contribution in [3.63, 3.8) is 0 Å². The molecule has 1 aliphatic rings. The van der Waals surface area contributed by atoms with Gasteiger partial charge >= 0.3 is 0 Å². The highest BCUT2D eigenvalue weighted by molar-refractivity contribution is 14.1. The molecule has 0 saturated carbocycles. The molecule has 1 aliphatic heterocycles. The van der Waals surface area contributed by atoms with Crippen LogP contribution in [0.15, 0.2) is 35.2 Å². The number of hydrogen-bond donors (Lipinski definition) is 2. The Labute approximate surface area is 188 Å². The van der Waals surface area contributed by atoms with Crippen molar-refractivity contribution >= 4 is 74.2 Å². The van der Waals surface area contributed by atoms with Crippen molar-refractivity contribution in [2.45, 2.75) is 19.8 Å². The first kappa shape index (κ1) is 20.5. The van der Waals surface area contributed by atoms with Gasteiger partial charge in [0.15, 0.2) is 5.75 Å². The van der Waals surface area contributed by atoms with E-state index in [9.17, 15) is 14.7 Å². The van der Waals surface area contributed by atoms with Gasteiger partial charge in [-0.05, 0) is 105 Å². The van der Waals surface area contributed by atoms with Gasteiger partial charge in [0.2, 0.25) is 0 Å². The lowest BCUT2D eigenvalue weighted by atomic mass is 10.0. The third kappa shape index (κ3) is 4.77. The highest BCUT2D eigenvalue weighted by atomic mass is 127. The molecular formula is C19H15I2NO4S. The van der Waals surface area contributed by atoms with Crippen LogP contribution in [-0.4, -0.2) is 16.3 Å². The summed E-state index contributed by atoms with van der Waals surface area (Å²) in [6.45, 7) is 4.02. The van der Waals surface area contributed by atoms with Crippen LogP contribution in [0.3, 0.4) is 0 Å². The number of phenolic OH excluding ortho intramolecular Hbond substituents is 1. The zero-order valence-corrected chi connectivity index (χ0v) is 19.5. The average molecular weight is 607 g/mol. The summed E-state index contributed by atoms with van der Waals surface area (Å²) in [6.07, 6.45) is 1.69. The Balaban J connectivity index is 1.90. The number of carbonyl (C=O) groups is 2. The number of ether oxygens (including phenoxy) is 1. The molecule has 1 fully saturated rings. The molecule has 2 N–H and O–H groups in total. The Morgan fingerprint density at radius 2 is 1.81 bits per heavy atom. The van der Waals surface area contributed by atoms with E-state index < -0.39 is 0 Å². The fourth-order valence-corrected chi connectivity index (χ4v) is 5.23. The number of benzene rings is 2. The number of thioether (sulfide) groups is 1. The largest absolute Gasteiger partial charge is 0.508 e. The summed E-state index contributed by atoms with van der Waals surface area (Å²) in [5, 5.41) is 11.9. The van der Waals surface area contributed by atoms with Gasteiger partial charge in [-0.15, -0.1) is 0 Å². The van der Waals surface area contributed by atoms with Crippen LogP contribution >= 0.6 is 56.9 Å². The lowest BCUT2D eigenvalue weighted by Crippen LogP contribution is -2.17. The SMILES string of the molecule is CC(C)c1cc(Oc2c(I)cc(/C=C3/SC(=O)NC3=O)cc2I)ccc1O. The van der Waals surface area contributed by atoms with Crippen molar-refractivity contribution in [3.8, 4) is 17.2 Å². The van der Waals surface area contributed by atoms with Crippen molar-refractivity contribution in [3.05, 3.63) is 53.5 Å². The predicted octanol–water partition coefficient (Wildman–Crippen LogP) is 5.84. The van der Waals surface area contributed by atoms with Crippen LogP contribution in [0.5, 0.6) is 17.2 Å². The summed E-state index contributed by atoms with van der Waals surface area (Å²) in [4.78, 5) is 23.4. The molecule has 0 aromatic heterocycles. The molecular weight excluding hydrogens is 592 g/mol. The van der Waals surface area contributed by atoms with Crippen molar-refractivity contribution < 1.29 is 19.4 Å². The summed E-state index contributed by atoms with van der Waals surface area (Å²) in [7, 11) is 0. The zero-order valence-electron chi connectivity index (χ0n) is 14.4. The van der Waals surface area contributed by atoms with Gasteiger partial charge in [0.05, 0.1) is 12.0 Å². The van der Waals surface area contributed by atoms with Gasteiger partial charge < -0.3 is 9.84 Å². The van der Waals surface area contributed by atoms with E-state index >= 15 is 0 Å². The summed E-state index contributed by atoms with van der Waals surface area (Å²) >= 11 is 5.25. The van der Waals surface area contributed by atoms with Gasteiger partial charge in [-0.1, -0.05) is 13.8 Å². The maximum absolute atomic E-state index is 11.7. The molecule has 8 heteroatoms. The van der Waals surface area contributed by atoms with Gasteiger partial charge in [0.25, 0.3) is 11.1 Å². The molecule has 2 aromatic rings. The molecule has 2 aromatic carbocycles. The minimum absolute atomic E-state index is 0.179. The monoisotopic (exact) mass is 607 g/mol. The molecule has 0 aliphatic carbocycles. The van der Waals surface area contributed by atoms with Gasteiger partial charge in [0, 0.05) is 5.56 Å². The van der Waals surface area contributed by atoms with Crippen LogP contribution in [0.2, 0.25) is 0 Å². The minimum atomic E-state index is -0.374. The van der Waals surface area contributed by atoms with Gasteiger partial charge in [-0.2, -0.15) is 0 Å². The first-order valence-electron chi connectivity index (χ1n) is 7.99. The minimum Gasteiger partial charge on any atom is -0.508 e. The number of rotatable bonds is 4. The van der Waals surface area contributed by atoms with Crippen molar-refractivity contribution in [2.24, 2.45) is 0 Å². The second-order valence-electron chi connectivity index (χ2n) is 6.14. The van der Waals surface area contributed by atoms with E-state index in [0.717, 1.165) is 30.0 Å². The number of imide groups is 1. The highest BCUT2D eigenvalue weighted by Crippen LogP contribution is 2.37. The van der Waals surface area contributed by atoms with Crippen LogP contribution in [0.1, 0.15) is 30.9 Å². The Morgan fingerprint density at radius 1 is 1.15 bits per heavy atom. The summed E-state index contributed by atoms with van der Waals surface area (Å²) < 4.78 is 7.81. The normalized spacial score (nSPS) is 15.5. The number of phenols is 1. The lowest BCUT2D eigenvalue weighted by molar-refractivity contribution is -0.115. The molecule has 0 spiro atoms. The van der Waals surface area contributed by atoms with Gasteiger partial charge in [-0.3, -0.25) is 14.9 Å². The number of amides is 2. The first-order valence-corrected chi connectivity index (χ1v) is 11.0. The molecule has 0 atom stereocenters. The molecule has 0 radical (unpaired) electrons. The van der Waals surface area contributed by atoms with E-state index in [0.29, 0.717) is 16.4 Å².